The lowest BCUT2D eigenvalue weighted by Gasteiger charge is -2.02. The van der Waals surface area contributed by atoms with Crippen molar-refractivity contribution in [3.8, 4) is 0 Å². The van der Waals surface area contributed by atoms with E-state index in [0.717, 1.165) is 0 Å². The molecule has 0 aromatic heterocycles. The van der Waals surface area contributed by atoms with E-state index < -0.39 is 5.97 Å². The molecule has 14 heavy (non-hydrogen) atoms. The van der Waals surface area contributed by atoms with Gasteiger partial charge in [-0.25, -0.2) is 4.79 Å². The van der Waals surface area contributed by atoms with Crippen LogP contribution in [0.25, 0.3) is 0 Å². The first-order chi connectivity index (χ1) is 6.67. The summed E-state index contributed by atoms with van der Waals surface area (Å²) in [5, 5.41) is 0.345. The van der Waals surface area contributed by atoms with Crippen molar-refractivity contribution in [2.24, 2.45) is 0 Å². The zero-order valence-electron chi connectivity index (χ0n) is 7.62. The van der Waals surface area contributed by atoms with Gasteiger partial charge in [-0.15, -0.1) is 0 Å². The molecule has 0 amide bonds. The Morgan fingerprint density at radius 2 is 2.21 bits per heavy atom. The fourth-order valence-electron chi connectivity index (χ4n) is 1.01. The van der Waals surface area contributed by atoms with Gasteiger partial charge < -0.3 is 4.74 Å². The Morgan fingerprint density at radius 3 is 2.79 bits per heavy atom. The number of rotatable bonds is 3. The third kappa shape index (κ3) is 2.57. The Morgan fingerprint density at radius 1 is 1.50 bits per heavy atom. The lowest BCUT2D eigenvalue weighted by Crippen LogP contribution is -2.05. The molecule has 74 valence electrons. The van der Waals surface area contributed by atoms with Gasteiger partial charge in [0.1, 0.15) is 6.29 Å². The molecule has 0 saturated heterocycles. The van der Waals surface area contributed by atoms with Crippen molar-refractivity contribution in [2.75, 3.05) is 6.61 Å². The van der Waals surface area contributed by atoms with Crippen LogP contribution in [-0.2, 0) is 4.74 Å². The smallest absolute Gasteiger partial charge is 0.338 e. The summed E-state index contributed by atoms with van der Waals surface area (Å²) in [7, 11) is 0. The van der Waals surface area contributed by atoms with Gasteiger partial charge in [-0.2, -0.15) is 0 Å². The first-order valence-corrected chi connectivity index (χ1v) is 4.48. The molecule has 0 bridgehead atoms. The Labute approximate surface area is 86.6 Å². The number of esters is 1. The lowest BCUT2D eigenvalue weighted by molar-refractivity contribution is 0.0526. The van der Waals surface area contributed by atoms with Crippen molar-refractivity contribution < 1.29 is 14.3 Å². The number of carbonyl (C=O) groups is 2. The average Bonchev–Trinajstić information content (AvgIpc) is 2.17. The van der Waals surface area contributed by atoms with Crippen molar-refractivity contribution >= 4 is 23.9 Å². The Balaban J connectivity index is 3.02. The van der Waals surface area contributed by atoms with Crippen LogP contribution in [0.4, 0.5) is 0 Å². The van der Waals surface area contributed by atoms with Crippen molar-refractivity contribution in [1.82, 2.24) is 0 Å². The van der Waals surface area contributed by atoms with Gasteiger partial charge in [0, 0.05) is 10.6 Å². The van der Waals surface area contributed by atoms with Crippen molar-refractivity contribution in [3.63, 3.8) is 0 Å². The molecule has 1 aromatic rings. The van der Waals surface area contributed by atoms with Crippen LogP contribution in [0.1, 0.15) is 27.6 Å². The van der Waals surface area contributed by atoms with E-state index in [1.165, 1.54) is 18.2 Å². The third-order valence-electron chi connectivity index (χ3n) is 1.57. The molecule has 0 N–H and O–H groups in total. The Bertz CT molecular complexity index is 360. The zero-order chi connectivity index (χ0) is 10.6. The summed E-state index contributed by atoms with van der Waals surface area (Å²) in [6.07, 6.45) is 0.634. The summed E-state index contributed by atoms with van der Waals surface area (Å²) in [5.74, 6) is -0.474. The van der Waals surface area contributed by atoms with Crippen LogP contribution >= 0.6 is 11.6 Å². The van der Waals surface area contributed by atoms with E-state index in [-0.39, 0.29) is 0 Å². The van der Waals surface area contributed by atoms with Gasteiger partial charge in [-0.1, -0.05) is 11.6 Å². The molecule has 1 aromatic carbocycles. The van der Waals surface area contributed by atoms with E-state index in [1.807, 2.05) is 0 Å². The van der Waals surface area contributed by atoms with E-state index in [4.69, 9.17) is 16.3 Å². The number of halogens is 1. The number of ether oxygens (including phenoxy) is 1. The largest absolute Gasteiger partial charge is 0.462 e. The van der Waals surface area contributed by atoms with Crippen LogP contribution < -0.4 is 0 Å². The summed E-state index contributed by atoms with van der Waals surface area (Å²) >= 11 is 5.71. The first kappa shape index (κ1) is 10.7. The zero-order valence-corrected chi connectivity index (χ0v) is 8.38. The van der Waals surface area contributed by atoms with Gasteiger partial charge in [-0.05, 0) is 25.1 Å². The fourth-order valence-corrected chi connectivity index (χ4v) is 1.26. The molecule has 0 heterocycles. The molecular weight excluding hydrogens is 204 g/mol. The maximum atomic E-state index is 11.3. The van der Waals surface area contributed by atoms with Crippen molar-refractivity contribution in [3.05, 3.63) is 34.3 Å². The van der Waals surface area contributed by atoms with Gasteiger partial charge in [0.2, 0.25) is 0 Å². The highest BCUT2D eigenvalue weighted by atomic mass is 35.5. The summed E-state index contributed by atoms with van der Waals surface area (Å²) < 4.78 is 4.77. The third-order valence-corrected chi connectivity index (χ3v) is 1.79. The average molecular weight is 213 g/mol. The molecule has 0 radical (unpaired) electrons. The monoisotopic (exact) mass is 212 g/mol. The molecule has 0 aliphatic heterocycles. The Kier molecular flexibility index (Phi) is 3.65. The molecule has 3 nitrogen and oxygen atoms in total. The molecule has 0 aliphatic rings. The van der Waals surface area contributed by atoms with Crippen LogP contribution in [0, 0.1) is 0 Å². The van der Waals surface area contributed by atoms with E-state index >= 15 is 0 Å². The summed E-state index contributed by atoms with van der Waals surface area (Å²) in [5.41, 5.74) is 0.655. The normalized spacial score (nSPS) is 9.57. The maximum absolute atomic E-state index is 11.3. The summed E-state index contributed by atoms with van der Waals surface area (Å²) in [6, 6.07) is 4.39. The topological polar surface area (TPSA) is 43.4 Å². The molecular formula is C10H9ClO3. The first-order valence-electron chi connectivity index (χ1n) is 4.10. The van der Waals surface area contributed by atoms with Crippen LogP contribution in [0.2, 0.25) is 5.02 Å². The number of carbonyl (C=O) groups excluding carboxylic acids is 2. The molecule has 0 atom stereocenters. The number of benzene rings is 1. The minimum Gasteiger partial charge on any atom is -0.462 e. The van der Waals surface area contributed by atoms with Gasteiger partial charge in [0.15, 0.2) is 0 Å². The number of aldehydes is 1. The molecule has 0 unspecified atom stereocenters. The maximum Gasteiger partial charge on any atom is 0.338 e. The van der Waals surface area contributed by atoms with E-state index in [1.54, 1.807) is 6.92 Å². The standard InChI is InChI=1S/C10H9ClO3/c1-2-14-10(13)8-3-7(6-12)4-9(11)5-8/h3-6H,2H2,1H3. The second-order valence-electron chi connectivity index (χ2n) is 2.61. The van der Waals surface area contributed by atoms with E-state index in [0.29, 0.717) is 29.0 Å². The lowest BCUT2D eigenvalue weighted by atomic mass is 10.1. The predicted octanol–water partition coefficient (Wildman–Crippen LogP) is 2.33. The molecule has 0 fully saturated rings. The molecule has 0 aliphatic carbocycles. The minimum atomic E-state index is -0.474. The van der Waals surface area contributed by atoms with Crippen molar-refractivity contribution in [1.29, 1.82) is 0 Å². The fraction of sp³-hybridized carbons (Fsp3) is 0.200. The molecule has 0 saturated carbocycles. The quantitative estimate of drug-likeness (QED) is 0.571. The summed E-state index contributed by atoms with van der Waals surface area (Å²) in [6.45, 7) is 2.00. The highest BCUT2D eigenvalue weighted by Crippen LogP contribution is 2.14. The van der Waals surface area contributed by atoms with E-state index in [9.17, 15) is 9.59 Å². The van der Waals surface area contributed by atoms with Gasteiger partial charge in [0.25, 0.3) is 0 Å². The number of hydrogen-bond acceptors (Lipinski definition) is 3. The minimum absolute atomic E-state index is 0.293. The second-order valence-corrected chi connectivity index (χ2v) is 3.05. The van der Waals surface area contributed by atoms with Gasteiger partial charge >= 0.3 is 5.97 Å². The van der Waals surface area contributed by atoms with Crippen LogP contribution in [-0.4, -0.2) is 18.9 Å². The highest BCUT2D eigenvalue weighted by molar-refractivity contribution is 6.31. The highest BCUT2D eigenvalue weighted by Gasteiger charge is 2.08. The second kappa shape index (κ2) is 4.77. The van der Waals surface area contributed by atoms with Crippen LogP contribution in [0.3, 0.4) is 0 Å². The summed E-state index contributed by atoms with van der Waals surface area (Å²) in [4.78, 5) is 21.7. The van der Waals surface area contributed by atoms with Crippen molar-refractivity contribution in [2.45, 2.75) is 6.92 Å². The molecule has 0 spiro atoms. The molecule has 4 heteroatoms. The van der Waals surface area contributed by atoms with Gasteiger partial charge in [-0.3, -0.25) is 4.79 Å². The number of hydrogen-bond donors (Lipinski definition) is 0. The SMILES string of the molecule is CCOC(=O)c1cc(Cl)cc(C=O)c1. The predicted molar refractivity (Wildman–Crippen MR) is 52.8 cm³/mol. The Hall–Kier alpha value is -1.35. The van der Waals surface area contributed by atoms with Crippen LogP contribution in [0.5, 0.6) is 0 Å². The molecule has 1 rings (SSSR count). The van der Waals surface area contributed by atoms with E-state index in [2.05, 4.69) is 0 Å². The van der Waals surface area contributed by atoms with Gasteiger partial charge in [0.05, 0.1) is 12.2 Å². The van der Waals surface area contributed by atoms with Crippen LogP contribution in [0.15, 0.2) is 18.2 Å².